The van der Waals surface area contributed by atoms with Crippen LogP contribution in [0.3, 0.4) is 0 Å². The molecule has 1 aliphatic heterocycles. The highest BCUT2D eigenvalue weighted by Gasteiger charge is 2.32. The Bertz CT molecular complexity index is 342. The van der Waals surface area contributed by atoms with Gasteiger partial charge in [0.1, 0.15) is 0 Å². The minimum absolute atomic E-state index is 0.0872. The monoisotopic (exact) mass is 260 g/mol. The van der Waals surface area contributed by atoms with Gasteiger partial charge in [0.25, 0.3) is 0 Å². The molecule has 0 aromatic heterocycles. The highest BCUT2D eigenvalue weighted by atomic mass is 32.2. The normalized spacial score (nSPS) is 31.8. The molecule has 1 heterocycles. The molecule has 100 valence electrons. The second-order valence-corrected chi connectivity index (χ2v) is 7.91. The number of nitrogens with one attached hydrogen (secondary N) is 2. The number of hydrogen-bond donors (Lipinski definition) is 2. The fraction of sp³-hybridized carbons (Fsp3) is 1.00. The van der Waals surface area contributed by atoms with E-state index in [1.807, 2.05) is 0 Å². The minimum atomic E-state index is -3.08. The van der Waals surface area contributed by atoms with E-state index in [4.69, 9.17) is 0 Å². The maximum Gasteiger partial charge on any atom is 0.214 e. The van der Waals surface area contributed by atoms with E-state index in [2.05, 4.69) is 17.0 Å². The quantitative estimate of drug-likeness (QED) is 0.799. The van der Waals surface area contributed by atoms with Gasteiger partial charge in [-0.05, 0) is 37.6 Å². The molecule has 0 spiro atoms. The molecule has 1 aliphatic carbocycles. The standard InChI is InChI=1S/C12H24N2O2S/c1-12(7-4-8-13-9-12)10-14-17(15,16)11-5-2-3-6-11/h11,13-14H,2-10H2,1H3. The van der Waals surface area contributed by atoms with Crippen molar-refractivity contribution in [2.75, 3.05) is 19.6 Å². The Morgan fingerprint density at radius 1 is 1.29 bits per heavy atom. The van der Waals surface area contributed by atoms with Crippen molar-refractivity contribution in [3.63, 3.8) is 0 Å². The summed E-state index contributed by atoms with van der Waals surface area (Å²) in [6.07, 6.45) is 6.04. The third kappa shape index (κ3) is 3.42. The predicted octanol–water partition coefficient (Wildman–Crippen LogP) is 1.24. The predicted molar refractivity (Wildman–Crippen MR) is 69.4 cm³/mol. The summed E-state index contributed by atoms with van der Waals surface area (Å²) in [7, 11) is -3.08. The summed E-state index contributed by atoms with van der Waals surface area (Å²) in [5.41, 5.74) is 0.0872. The zero-order valence-corrected chi connectivity index (χ0v) is 11.5. The molecule has 1 saturated heterocycles. The van der Waals surface area contributed by atoms with E-state index in [-0.39, 0.29) is 10.7 Å². The van der Waals surface area contributed by atoms with Gasteiger partial charge in [0.15, 0.2) is 0 Å². The second kappa shape index (κ2) is 5.24. The van der Waals surface area contributed by atoms with E-state index in [9.17, 15) is 8.42 Å². The van der Waals surface area contributed by atoms with Gasteiger partial charge in [-0.1, -0.05) is 19.8 Å². The van der Waals surface area contributed by atoms with Crippen LogP contribution in [0.4, 0.5) is 0 Å². The molecule has 1 unspecified atom stereocenters. The van der Waals surface area contributed by atoms with Crippen molar-refractivity contribution >= 4 is 10.0 Å². The lowest BCUT2D eigenvalue weighted by molar-refractivity contribution is 0.238. The van der Waals surface area contributed by atoms with Crippen LogP contribution in [-0.4, -0.2) is 33.3 Å². The van der Waals surface area contributed by atoms with Gasteiger partial charge in [-0.3, -0.25) is 0 Å². The Morgan fingerprint density at radius 2 is 2.00 bits per heavy atom. The van der Waals surface area contributed by atoms with Crippen molar-refractivity contribution in [2.24, 2.45) is 5.41 Å². The average Bonchev–Trinajstić information content (AvgIpc) is 2.82. The fourth-order valence-electron chi connectivity index (χ4n) is 2.86. The van der Waals surface area contributed by atoms with Gasteiger partial charge < -0.3 is 5.32 Å². The third-order valence-corrected chi connectivity index (χ3v) is 6.02. The largest absolute Gasteiger partial charge is 0.316 e. The summed E-state index contributed by atoms with van der Waals surface area (Å²) >= 11 is 0. The first-order valence-corrected chi connectivity index (χ1v) is 8.26. The third-order valence-electron chi connectivity index (χ3n) is 4.13. The summed E-state index contributed by atoms with van der Waals surface area (Å²) in [6.45, 7) is 4.72. The van der Waals surface area contributed by atoms with Crippen LogP contribution in [0.1, 0.15) is 45.4 Å². The van der Waals surface area contributed by atoms with Crippen molar-refractivity contribution in [3.05, 3.63) is 0 Å². The van der Waals surface area contributed by atoms with E-state index in [1.165, 1.54) is 0 Å². The molecule has 17 heavy (non-hydrogen) atoms. The molecule has 1 atom stereocenters. The highest BCUT2D eigenvalue weighted by Crippen LogP contribution is 2.27. The second-order valence-electron chi connectivity index (χ2n) is 5.86. The van der Waals surface area contributed by atoms with Crippen molar-refractivity contribution in [2.45, 2.75) is 50.7 Å². The van der Waals surface area contributed by atoms with E-state index in [1.54, 1.807) is 0 Å². The summed E-state index contributed by atoms with van der Waals surface area (Å²) < 4.78 is 27.0. The highest BCUT2D eigenvalue weighted by molar-refractivity contribution is 7.90. The maximum atomic E-state index is 12.1. The lowest BCUT2D eigenvalue weighted by Crippen LogP contribution is -2.47. The van der Waals surface area contributed by atoms with Crippen LogP contribution >= 0.6 is 0 Å². The van der Waals surface area contributed by atoms with Crippen molar-refractivity contribution in [1.82, 2.24) is 10.0 Å². The molecule has 5 heteroatoms. The molecule has 4 nitrogen and oxygen atoms in total. The molecule has 0 amide bonds. The topological polar surface area (TPSA) is 58.2 Å². The van der Waals surface area contributed by atoms with Gasteiger partial charge in [0.05, 0.1) is 5.25 Å². The Balaban J connectivity index is 1.88. The van der Waals surface area contributed by atoms with Crippen LogP contribution < -0.4 is 10.0 Å². The summed E-state index contributed by atoms with van der Waals surface area (Å²) in [5.74, 6) is 0. The zero-order chi connectivity index (χ0) is 12.4. The van der Waals surface area contributed by atoms with Gasteiger partial charge in [0, 0.05) is 13.1 Å². The lowest BCUT2D eigenvalue weighted by atomic mass is 9.83. The molecule has 2 fully saturated rings. The van der Waals surface area contributed by atoms with Gasteiger partial charge in [-0.15, -0.1) is 0 Å². The average molecular weight is 260 g/mol. The molecular formula is C12H24N2O2S. The number of piperidine rings is 1. The van der Waals surface area contributed by atoms with Gasteiger partial charge >= 0.3 is 0 Å². The Morgan fingerprint density at radius 3 is 2.59 bits per heavy atom. The fourth-order valence-corrected chi connectivity index (χ4v) is 4.60. The van der Waals surface area contributed by atoms with Gasteiger partial charge in [-0.25, -0.2) is 13.1 Å². The van der Waals surface area contributed by atoms with Gasteiger partial charge in [-0.2, -0.15) is 0 Å². The Hall–Kier alpha value is -0.130. The smallest absolute Gasteiger partial charge is 0.214 e. The van der Waals surface area contributed by atoms with Crippen molar-refractivity contribution in [1.29, 1.82) is 0 Å². The van der Waals surface area contributed by atoms with Crippen molar-refractivity contribution < 1.29 is 8.42 Å². The Kier molecular flexibility index (Phi) is 4.10. The van der Waals surface area contributed by atoms with Crippen molar-refractivity contribution in [3.8, 4) is 0 Å². The van der Waals surface area contributed by atoms with E-state index in [0.717, 1.165) is 51.6 Å². The van der Waals surface area contributed by atoms with E-state index >= 15 is 0 Å². The molecule has 2 N–H and O–H groups in total. The van der Waals surface area contributed by atoms with Crippen LogP contribution in [-0.2, 0) is 10.0 Å². The van der Waals surface area contributed by atoms with Crippen LogP contribution in [0, 0.1) is 5.41 Å². The maximum absolute atomic E-state index is 12.1. The molecule has 0 radical (unpaired) electrons. The zero-order valence-electron chi connectivity index (χ0n) is 10.7. The lowest BCUT2D eigenvalue weighted by Gasteiger charge is -2.34. The molecule has 0 aromatic rings. The van der Waals surface area contributed by atoms with Gasteiger partial charge in [0.2, 0.25) is 10.0 Å². The first-order chi connectivity index (χ1) is 8.02. The summed E-state index contributed by atoms with van der Waals surface area (Å²) in [4.78, 5) is 0. The minimum Gasteiger partial charge on any atom is -0.316 e. The van der Waals surface area contributed by atoms with E-state index < -0.39 is 10.0 Å². The first kappa shape index (κ1) is 13.3. The Labute approximate surface area is 105 Å². The molecule has 0 aromatic carbocycles. The summed E-state index contributed by atoms with van der Waals surface area (Å²) in [5, 5.41) is 3.21. The summed E-state index contributed by atoms with van der Waals surface area (Å²) in [6, 6.07) is 0. The number of hydrogen-bond acceptors (Lipinski definition) is 3. The molecule has 0 bridgehead atoms. The van der Waals surface area contributed by atoms with E-state index in [0.29, 0.717) is 6.54 Å². The molecule has 2 aliphatic rings. The SMILES string of the molecule is CC1(CNS(=O)(=O)C2CCCC2)CCCNC1. The van der Waals surface area contributed by atoms with Crippen LogP contribution in [0.15, 0.2) is 0 Å². The number of sulfonamides is 1. The molecule has 1 saturated carbocycles. The molecular weight excluding hydrogens is 236 g/mol. The van der Waals surface area contributed by atoms with Crippen LogP contribution in [0.2, 0.25) is 0 Å². The van der Waals surface area contributed by atoms with Crippen LogP contribution in [0.5, 0.6) is 0 Å². The number of rotatable bonds is 4. The first-order valence-electron chi connectivity index (χ1n) is 6.71. The molecule has 2 rings (SSSR count). The van der Waals surface area contributed by atoms with Crippen LogP contribution in [0.25, 0.3) is 0 Å².